The molecule has 3 aromatic rings. The van der Waals surface area contributed by atoms with Crippen LogP contribution in [-0.2, 0) is 0 Å². The molecule has 96 valence electrons. The van der Waals surface area contributed by atoms with Gasteiger partial charge in [-0.3, -0.25) is 4.79 Å². The van der Waals surface area contributed by atoms with E-state index in [9.17, 15) is 9.18 Å². The predicted molar refractivity (Wildman–Crippen MR) is 70.5 cm³/mol. The van der Waals surface area contributed by atoms with Crippen LogP contribution in [0.3, 0.4) is 0 Å². The van der Waals surface area contributed by atoms with Crippen LogP contribution in [0.2, 0.25) is 0 Å². The van der Waals surface area contributed by atoms with Crippen molar-refractivity contribution in [2.24, 2.45) is 0 Å². The summed E-state index contributed by atoms with van der Waals surface area (Å²) in [5.41, 5.74) is 0.494. The number of halogens is 1. The molecule has 0 aliphatic rings. The molecule has 0 atom stereocenters. The molecule has 0 saturated carbocycles. The standard InChI is InChI=1S/C14H9FO3S/c1-17-10-6-13(19-7-10)14(16)12-5-8-4-9(15)2-3-11(8)18-12/h2-7H,1H3. The van der Waals surface area contributed by atoms with E-state index in [1.807, 2.05) is 0 Å². The molecule has 19 heavy (non-hydrogen) atoms. The number of benzene rings is 1. The highest BCUT2D eigenvalue weighted by Gasteiger charge is 2.17. The average molecular weight is 276 g/mol. The fourth-order valence-electron chi connectivity index (χ4n) is 1.79. The van der Waals surface area contributed by atoms with Crippen LogP contribution in [0.1, 0.15) is 15.4 Å². The number of fused-ring (bicyclic) bond motifs is 1. The van der Waals surface area contributed by atoms with Gasteiger partial charge in [0.15, 0.2) is 5.76 Å². The van der Waals surface area contributed by atoms with Crippen molar-refractivity contribution in [2.45, 2.75) is 0 Å². The number of ketones is 1. The molecule has 0 aliphatic heterocycles. The summed E-state index contributed by atoms with van der Waals surface area (Å²) < 4.78 is 23.5. The van der Waals surface area contributed by atoms with Crippen LogP contribution in [0, 0.1) is 5.82 Å². The van der Waals surface area contributed by atoms with Crippen molar-refractivity contribution in [1.82, 2.24) is 0 Å². The van der Waals surface area contributed by atoms with Gasteiger partial charge in [-0.05, 0) is 24.3 Å². The van der Waals surface area contributed by atoms with Crippen LogP contribution in [0.4, 0.5) is 4.39 Å². The van der Waals surface area contributed by atoms with Crippen LogP contribution < -0.4 is 4.74 Å². The van der Waals surface area contributed by atoms with Crippen LogP contribution >= 0.6 is 11.3 Å². The monoisotopic (exact) mass is 276 g/mol. The Kier molecular flexibility index (Phi) is 2.83. The SMILES string of the molecule is COc1csc(C(=O)c2cc3cc(F)ccc3o2)c1. The second-order valence-corrected chi connectivity index (χ2v) is 4.88. The molecule has 1 aromatic carbocycles. The van der Waals surface area contributed by atoms with E-state index >= 15 is 0 Å². The number of thiophene rings is 1. The summed E-state index contributed by atoms with van der Waals surface area (Å²) in [5.74, 6) is 0.246. The Morgan fingerprint density at radius 1 is 1.32 bits per heavy atom. The smallest absolute Gasteiger partial charge is 0.238 e. The minimum absolute atomic E-state index is 0.199. The number of carbonyl (C=O) groups is 1. The molecule has 2 heterocycles. The average Bonchev–Trinajstić information content (AvgIpc) is 3.03. The maximum absolute atomic E-state index is 13.1. The summed E-state index contributed by atoms with van der Waals surface area (Å²) in [7, 11) is 1.54. The first kappa shape index (κ1) is 11.9. The molecule has 0 fully saturated rings. The van der Waals surface area contributed by atoms with Gasteiger partial charge in [-0.15, -0.1) is 11.3 Å². The van der Waals surface area contributed by atoms with Gasteiger partial charge < -0.3 is 9.15 Å². The highest BCUT2D eigenvalue weighted by Crippen LogP contribution is 2.27. The van der Waals surface area contributed by atoms with Crippen LogP contribution in [0.25, 0.3) is 11.0 Å². The van der Waals surface area contributed by atoms with Gasteiger partial charge in [0.1, 0.15) is 17.1 Å². The van der Waals surface area contributed by atoms with Gasteiger partial charge in [-0.1, -0.05) is 0 Å². The third-order valence-electron chi connectivity index (χ3n) is 2.74. The second-order valence-electron chi connectivity index (χ2n) is 3.97. The highest BCUT2D eigenvalue weighted by atomic mass is 32.1. The number of furan rings is 1. The second kappa shape index (κ2) is 4.51. The van der Waals surface area contributed by atoms with Crippen LogP contribution in [-0.4, -0.2) is 12.9 Å². The Bertz CT molecular complexity index is 757. The maximum Gasteiger partial charge on any atom is 0.238 e. The first-order valence-corrected chi connectivity index (χ1v) is 6.41. The largest absolute Gasteiger partial charge is 0.496 e. The van der Waals surface area contributed by atoms with Crippen molar-refractivity contribution in [3.8, 4) is 5.75 Å². The topological polar surface area (TPSA) is 39.4 Å². The molecule has 0 radical (unpaired) electrons. The summed E-state index contributed by atoms with van der Waals surface area (Å²) in [5, 5.41) is 2.32. The van der Waals surface area contributed by atoms with Gasteiger partial charge >= 0.3 is 0 Å². The van der Waals surface area contributed by atoms with Crippen molar-refractivity contribution < 1.29 is 18.3 Å². The summed E-state index contributed by atoms with van der Waals surface area (Å²) in [6.45, 7) is 0. The minimum Gasteiger partial charge on any atom is -0.496 e. The molecule has 0 unspecified atom stereocenters. The number of methoxy groups -OCH3 is 1. The van der Waals surface area contributed by atoms with Crippen molar-refractivity contribution in [3.63, 3.8) is 0 Å². The molecule has 5 heteroatoms. The van der Waals surface area contributed by atoms with Gasteiger partial charge in [0, 0.05) is 16.8 Å². The number of hydrogen-bond donors (Lipinski definition) is 0. The summed E-state index contributed by atoms with van der Waals surface area (Å²) >= 11 is 1.28. The fraction of sp³-hybridized carbons (Fsp3) is 0.0714. The Morgan fingerprint density at radius 3 is 2.89 bits per heavy atom. The van der Waals surface area contributed by atoms with E-state index in [2.05, 4.69) is 0 Å². The predicted octanol–water partition coefficient (Wildman–Crippen LogP) is 3.87. The normalized spacial score (nSPS) is 10.8. The maximum atomic E-state index is 13.1. The number of hydrogen-bond acceptors (Lipinski definition) is 4. The molecule has 0 bridgehead atoms. The lowest BCUT2D eigenvalue weighted by Crippen LogP contribution is -1.95. The number of rotatable bonds is 3. The van der Waals surface area contributed by atoms with E-state index in [1.54, 1.807) is 24.6 Å². The molecule has 3 rings (SSSR count). The van der Waals surface area contributed by atoms with E-state index in [4.69, 9.17) is 9.15 Å². The first-order valence-electron chi connectivity index (χ1n) is 5.53. The number of ether oxygens (including phenoxy) is 1. The molecular weight excluding hydrogens is 267 g/mol. The molecule has 0 spiro atoms. The Hall–Kier alpha value is -2.14. The van der Waals surface area contributed by atoms with Gasteiger partial charge in [-0.2, -0.15) is 0 Å². The zero-order chi connectivity index (χ0) is 13.4. The zero-order valence-electron chi connectivity index (χ0n) is 9.98. The lowest BCUT2D eigenvalue weighted by Gasteiger charge is -1.92. The van der Waals surface area contributed by atoms with Gasteiger partial charge in [0.2, 0.25) is 5.78 Å². The summed E-state index contributed by atoms with van der Waals surface area (Å²) in [4.78, 5) is 12.7. The number of carbonyl (C=O) groups excluding carboxylic acids is 1. The minimum atomic E-state index is -0.356. The molecule has 2 aromatic heterocycles. The zero-order valence-corrected chi connectivity index (χ0v) is 10.8. The lowest BCUT2D eigenvalue weighted by atomic mass is 10.2. The summed E-state index contributed by atoms with van der Waals surface area (Å²) in [6.07, 6.45) is 0. The van der Waals surface area contributed by atoms with Gasteiger partial charge in [-0.25, -0.2) is 4.39 Å². The fourth-order valence-corrected chi connectivity index (χ4v) is 2.59. The van der Waals surface area contributed by atoms with E-state index in [0.717, 1.165) is 0 Å². The molecular formula is C14H9FO3S. The third-order valence-corrected chi connectivity index (χ3v) is 3.64. The molecule has 0 amide bonds. The van der Waals surface area contributed by atoms with Crippen LogP contribution in [0.15, 0.2) is 40.1 Å². The lowest BCUT2D eigenvalue weighted by molar-refractivity contribution is 0.101. The molecule has 0 aliphatic carbocycles. The van der Waals surface area contributed by atoms with Crippen molar-refractivity contribution in [2.75, 3.05) is 7.11 Å². The van der Waals surface area contributed by atoms with Crippen molar-refractivity contribution >= 4 is 28.1 Å². The van der Waals surface area contributed by atoms with E-state index < -0.39 is 0 Å². The van der Waals surface area contributed by atoms with Crippen LogP contribution in [0.5, 0.6) is 5.75 Å². The molecule has 0 N–H and O–H groups in total. The Balaban J connectivity index is 2.01. The third kappa shape index (κ3) is 2.13. The molecule has 0 saturated heterocycles. The van der Waals surface area contributed by atoms with E-state index in [1.165, 1.54) is 29.5 Å². The summed E-state index contributed by atoms with van der Waals surface area (Å²) in [6, 6.07) is 7.35. The van der Waals surface area contributed by atoms with Crippen molar-refractivity contribution in [1.29, 1.82) is 0 Å². The highest BCUT2D eigenvalue weighted by molar-refractivity contribution is 7.12. The first-order chi connectivity index (χ1) is 9.17. The van der Waals surface area contributed by atoms with E-state index in [0.29, 0.717) is 21.6 Å². The Labute approximate surface area is 112 Å². The van der Waals surface area contributed by atoms with Gasteiger partial charge in [0.25, 0.3) is 0 Å². The van der Waals surface area contributed by atoms with Gasteiger partial charge in [0.05, 0.1) is 12.0 Å². The Morgan fingerprint density at radius 2 is 2.16 bits per heavy atom. The van der Waals surface area contributed by atoms with Crippen molar-refractivity contribution in [3.05, 3.63) is 52.2 Å². The molecule has 3 nitrogen and oxygen atoms in total. The van der Waals surface area contributed by atoms with E-state index in [-0.39, 0.29) is 17.4 Å². The quantitative estimate of drug-likeness (QED) is 0.682.